The van der Waals surface area contributed by atoms with Crippen molar-refractivity contribution in [2.24, 2.45) is 0 Å². The van der Waals surface area contributed by atoms with Crippen molar-refractivity contribution in [2.75, 3.05) is 6.61 Å². The van der Waals surface area contributed by atoms with Gasteiger partial charge in [0.05, 0.1) is 16.7 Å². The first-order chi connectivity index (χ1) is 14.0. The van der Waals surface area contributed by atoms with Crippen molar-refractivity contribution in [1.29, 1.82) is 0 Å². The van der Waals surface area contributed by atoms with Gasteiger partial charge in [-0.1, -0.05) is 36.4 Å². The smallest absolute Gasteiger partial charge is 0.441 e. The summed E-state index contributed by atoms with van der Waals surface area (Å²) in [6, 6.07) is 9.14. The van der Waals surface area contributed by atoms with E-state index in [0.29, 0.717) is 0 Å². The van der Waals surface area contributed by atoms with Gasteiger partial charge in [-0.05, 0) is 29.8 Å². The van der Waals surface area contributed by atoms with Crippen LogP contribution in [-0.4, -0.2) is 18.7 Å². The summed E-state index contributed by atoms with van der Waals surface area (Å²) < 4.78 is 81.4. The Morgan fingerprint density at radius 1 is 0.900 bits per heavy atom. The maximum absolute atomic E-state index is 12.8. The number of rotatable bonds is 4. The van der Waals surface area contributed by atoms with Crippen LogP contribution in [0.5, 0.6) is 0 Å². The fourth-order valence-electron chi connectivity index (χ4n) is 2.12. The minimum atomic E-state index is -5.13. The summed E-state index contributed by atoms with van der Waals surface area (Å²) in [5, 5.41) is 0. The van der Waals surface area contributed by atoms with Crippen molar-refractivity contribution < 1.29 is 45.5 Å². The zero-order valence-corrected chi connectivity index (χ0v) is 14.9. The van der Waals surface area contributed by atoms with Gasteiger partial charge in [0.15, 0.2) is 0 Å². The standard InChI is InChI=1S/C19H13F6NO4/c20-18(21,22)14-9-13(10-15(11-14)19(23,24)25)16(27)30-26-17(28)29-8-4-7-12-5-2-1-3-6-12/h1-7,9-11H,8H2,(H,26,28)/b7-4+. The number of amides is 1. The summed E-state index contributed by atoms with van der Waals surface area (Å²) in [4.78, 5) is 27.4. The lowest BCUT2D eigenvalue weighted by molar-refractivity contribution is -0.143. The number of alkyl halides is 6. The van der Waals surface area contributed by atoms with Gasteiger partial charge in [0.2, 0.25) is 0 Å². The van der Waals surface area contributed by atoms with Crippen molar-refractivity contribution in [3.8, 4) is 0 Å². The second-order valence-corrected chi connectivity index (χ2v) is 5.70. The van der Waals surface area contributed by atoms with Gasteiger partial charge >= 0.3 is 24.4 Å². The fourth-order valence-corrected chi connectivity index (χ4v) is 2.12. The molecule has 0 atom stereocenters. The lowest BCUT2D eigenvalue weighted by Gasteiger charge is -2.13. The molecular weight excluding hydrogens is 420 g/mol. The SMILES string of the molecule is O=C(NOC(=O)c1cc(C(F)(F)F)cc(C(F)(F)F)c1)OC/C=C/c1ccccc1. The number of carbonyl (C=O) groups is 2. The molecule has 0 radical (unpaired) electrons. The summed E-state index contributed by atoms with van der Waals surface area (Å²) in [6.07, 6.45) is -8.45. The normalized spacial score (nSPS) is 11.9. The number of halogens is 6. The molecule has 0 bridgehead atoms. The molecule has 0 spiro atoms. The first kappa shape index (κ1) is 22.8. The predicted octanol–water partition coefficient (Wildman–Crippen LogP) is 5.24. The lowest BCUT2D eigenvalue weighted by atomic mass is 10.0. The highest BCUT2D eigenvalue weighted by molar-refractivity contribution is 5.90. The number of hydroxylamine groups is 1. The van der Waals surface area contributed by atoms with Gasteiger partial charge in [-0.2, -0.15) is 26.3 Å². The van der Waals surface area contributed by atoms with Crippen molar-refractivity contribution in [3.63, 3.8) is 0 Å². The largest absolute Gasteiger partial charge is 0.443 e. The third-order valence-corrected chi connectivity index (χ3v) is 3.47. The Morgan fingerprint density at radius 3 is 2.00 bits per heavy atom. The van der Waals surface area contributed by atoms with Gasteiger partial charge in [0.1, 0.15) is 6.61 Å². The number of ether oxygens (including phenoxy) is 1. The fraction of sp³-hybridized carbons (Fsp3) is 0.158. The molecule has 160 valence electrons. The van der Waals surface area contributed by atoms with Crippen molar-refractivity contribution in [2.45, 2.75) is 12.4 Å². The number of carbonyl (C=O) groups excluding carboxylic acids is 2. The molecule has 0 aliphatic heterocycles. The highest BCUT2D eigenvalue weighted by Crippen LogP contribution is 2.36. The Hall–Kier alpha value is -3.50. The molecule has 0 aliphatic carbocycles. The van der Waals surface area contributed by atoms with Crippen LogP contribution in [0.2, 0.25) is 0 Å². The quantitative estimate of drug-likeness (QED) is 0.530. The number of nitrogens with one attached hydrogen (secondary N) is 1. The van der Waals surface area contributed by atoms with Crippen molar-refractivity contribution >= 4 is 18.1 Å². The Kier molecular flexibility index (Phi) is 7.09. The van der Waals surface area contributed by atoms with Gasteiger partial charge in [-0.15, -0.1) is 5.48 Å². The second kappa shape index (κ2) is 9.33. The average Bonchev–Trinajstić information content (AvgIpc) is 2.68. The Morgan fingerprint density at radius 2 is 1.47 bits per heavy atom. The molecule has 0 aliphatic rings. The van der Waals surface area contributed by atoms with Crippen LogP contribution in [0.3, 0.4) is 0 Å². The Labute approximate surface area is 165 Å². The molecule has 2 rings (SSSR count). The van der Waals surface area contributed by atoms with E-state index in [1.54, 1.807) is 36.4 Å². The van der Waals surface area contributed by atoms with Crippen LogP contribution in [0, 0.1) is 0 Å². The van der Waals surface area contributed by atoms with Gasteiger partial charge in [0, 0.05) is 0 Å². The first-order valence-electron chi connectivity index (χ1n) is 8.12. The van der Waals surface area contributed by atoms with E-state index < -0.39 is 41.1 Å². The first-order valence-corrected chi connectivity index (χ1v) is 8.12. The van der Waals surface area contributed by atoms with E-state index in [2.05, 4.69) is 9.57 Å². The van der Waals surface area contributed by atoms with Gasteiger partial charge < -0.3 is 9.57 Å². The summed E-state index contributed by atoms with van der Waals surface area (Å²) in [5.74, 6) is -1.64. The Balaban J connectivity index is 1.96. The summed E-state index contributed by atoms with van der Waals surface area (Å²) >= 11 is 0. The van der Waals surface area contributed by atoms with E-state index in [4.69, 9.17) is 0 Å². The molecule has 0 aromatic heterocycles. The van der Waals surface area contributed by atoms with E-state index >= 15 is 0 Å². The lowest BCUT2D eigenvalue weighted by Crippen LogP contribution is -2.28. The predicted molar refractivity (Wildman–Crippen MR) is 91.8 cm³/mol. The number of hydrogen-bond donors (Lipinski definition) is 1. The minimum absolute atomic E-state index is 0.141. The van der Waals surface area contributed by atoms with E-state index in [1.807, 2.05) is 0 Å². The maximum atomic E-state index is 12.8. The molecule has 0 saturated carbocycles. The van der Waals surface area contributed by atoms with Crippen LogP contribution in [0.4, 0.5) is 31.1 Å². The van der Waals surface area contributed by atoms with E-state index in [0.717, 1.165) is 5.56 Å². The van der Waals surface area contributed by atoms with E-state index in [-0.39, 0.29) is 24.8 Å². The zero-order valence-electron chi connectivity index (χ0n) is 14.9. The molecule has 5 nitrogen and oxygen atoms in total. The number of hydrogen-bond acceptors (Lipinski definition) is 4. The van der Waals surface area contributed by atoms with Gasteiger partial charge in [-0.3, -0.25) is 0 Å². The third-order valence-electron chi connectivity index (χ3n) is 3.47. The molecule has 2 aromatic carbocycles. The minimum Gasteiger partial charge on any atom is -0.443 e. The highest BCUT2D eigenvalue weighted by atomic mass is 19.4. The van der Waals surface area contributed by atoms with Crippen molar-refractivity contribution in [3.05, 3.63) is 76.9 Å². The summed E-state index contributed by atoms with van der Waals surface area (Å²) in [6.45, 7) is -0.236. The van der Waals surface area contributed by atoms with Crippen LogP contribution in [-0.2, 0) is 21.9 Å². The molecule has 0 fully saturated rings. The van der Waals surface area contributed by atoms with E-state index in [1.165, 1.54) is 11.6 Å². The molecular formula is C19H13F6NO4. The molecule has 1 amide bonds. The zero-order chi connectivity index (χ0) is 22.4. The maximum Gasteiger partial charge on any atom is 0.441 e. The van der Waals surface area contributed by atoms with Gasteiger partial charge in [0.25, 0.3) is 0 Å². The Bertz CT molecular complexity index is 891. The molecule has 0 unspecified atom stereocenters. The third kappa shape index (κ3) is 6.83. The molecule has 11 heteroatoms. The summed E-state index contributed by atoms with van der Waals surface area (Å²) in [5.41, 5.74) is -2.14. The molecule has 2 aromatic rings. The molecule has 0 heterocycles. The summed E-state index contributed by atoms with van der Waals surface area (Å²) in [7, 11) is 0. The van der Waals surface area contributed by atoms with Crippen LogP contribution in [0.25, 0.3) is 6.08 Å². The van der Waals surface area contributed by atoms with Crippen molar-refractivity contribution in [1.82, 2.24) is 5.48 Å². The molecule has 30 heavy (non-hydrogen) atoms. The van der Waals surface area contributed by atoms with Gasteiger partial charge in [-0.25, -0.2) is 9.59 Å². The van der Waals surface area contributed by atoms with Crippen LogP contribution < -0.4 is 5.48 Å². The monoisotopic (exact) mass is 433 g/mol. The second-order valence-electron chi connectivity index (χ2n) is 5.70. The van der Waals surface area contributed by atoms with Crippen LogP contribution in [0.15, 0.2) is 54.6 Å². The highest BCUT2D eigenvalue weighted by Gasteiger charge is 2.37. The van der Waals surface area contributed by atoms with Crippen LogP contribution >= 0.6 is 0 Å². The topological polar surface area (TPSA) is 64.6 Å². The average molecular weight is 433 g/mol. The molecule has 1 N–H and O–H groups in total. The molecule has 0 saturated heterocycles. The number of benzene rings is 2. The van der Waals surface area contributed by atoms with E-state index in [9.17, 15) is 35.9 Å². The van der Waals surface area contributed by atoms with Crippen LogP contribution in [0.1, 0.15) is 27.0 Å².